The quantitative estimate of drug-likeness (QED) is 0.757. The van der Waals surface area contributed by atoms with Gasteiger partial charge in [0, 0.05) is 24.0 Å². The number of benzene rings is 2. The molecule has 2 aromatic rings. The van der Waals surface area contributed by atoms with E-state index in [0.29, 0.717) is 16.9 Å². The van der Waals surface area contributed by atoms with E-state index in [1.807, 2.05) is 12.1 Å². The number of methoxy groups -OCH3 is 1. The van der Waals surface area contributed by atoms with Gasteiger partial charge in [-0.15, -0.1) is 0 Å². The fourth-order valence-corrected chi connectivity index (χ4v) is 2.83. The smallest absolute Gasteiger partial charge is 0.163 e. The van der Waals surface area contributed by atoms with Crippen molar-refractivity contribution in [2.75, 3.05) is 13.7 Å². The molecule has 24 heavy (non-hydrogen) atoms. The van der Waals surface area contributed by atoms with E-state index < -0.39 is 0 Å². The summed E-state index contributed by atoms with van der Waals surface area (Å²) in [6.07, 6.45) is 2.32. The van der Waals surface area contributed by atoms with Crippen molar-refractivity contribution in [2.45, 2.75) is 25.7 Å². The lowest BCUT2D eigenvalue weighted by atomic mass is 9.98. The number of fused-ring (bicyclic) bond motifs is 1. The standard InChI is InChI=1S/C20H20O4/c1-23-17-7-4-14(5-8-17)18(21)9-10-19(22)15-6-11-20-16(13-15)3-2-12-24-20/h4-8,11,13H,2-3,9-10,12H2,1H3. The second-order valence-corrected chi connectivity index (χ2v) is 5.85. The van der Waals surface area contributed by atoms with Crippen molar-refractivity contribution < 1.29 is 19.1 Å². The summed E-state index contributed by atoms with van der Waals surface area (Å²) in [6.45, 7) is 0.733. The number of ketones is 2. The first-order valence-electron chi connectivity index (χ1n) is 8.13. The third-order valence-corrected chi connectivity index (χ3v) is 4.22. The predicted octanol–water partition coefficient (Wildman–Crippen LogP) is 3.87. The monoisotopic (exact) mass is 324 g/mol. The van der Waals surface area contributed by atoms with Crippen molar-refractivity contribution in [3.8, 4) is 11.5 Å². The Morgan fingerprint density at radius 2 is 1.67 bits per heavy atom. The van der Waals surface area contributed by atoms with Crippen LogP contribution >= 0.6 is 0 Å². The van der Waals surface area contributed by atoms with E-state index in [-0.39, 0.29) is 24.4 Å². The number of rotatable bonds is 6. The molecule has 4 nitrogen and oxygen atoms in total. The number of ether oxygens (including phenoxy) is 2. The van der Waals surface area contributed by atoms with E-state index in [2.05, 4.69) is 0 Å². The molecule has 0 atom stereocenters. The van der Waals surface area contributed by atoms with Crippen LogP contribution in [-0.2, 0) is 6.42 Å². The van der Waals surface area contributed by atoms with Crippen molar-refractivity contribution in [1.82, 2.24) is 0 Å². The number of carbonyl (C=O) groups excluding carboxylic acids is 2. The molecule has 0 saturated carbocycles. The lowest BCUT2D eigenvalue weighted by Crippen LogP contribution is -2.10. The molecule has 0 radical (unpaired) electrons. The molecule has 1 aliphatic heterocycles. The van der Waals surface area contributed by atoms with Gasteiger partial charge in [0.1, 0.15) is 11.5 Å². The number of carbonyl (C=O) groups is 2. The highest BCUT2D eigenvalue weighted by atomic mass is 16.5. The van der Waals surface area contributed by atoms with Gasteiger partial charge in [-0.2, -0.15) is 0 Å². The second-order valence-electron chi connectivity index (χ2n) is 5.85. The third-order valence-electron chi connectivity index (χ3n) is 4.22. The Bertz CT molecular complexity index is 747. The maximum Gasteiger partial charge on any atom is 0.163 e. The van der Waals surface area contributed by atoms with Crippen molar-refractivity contribution in [3.05, 3.63) is 59.2 Å². The van der Waals surface area contributed by atoms with E-state index in [1.165, 1.54) is 0 Å². The highest BCUT2D eigenvalue weighted by molar-refractivity contribution is 6.02. The number of hydrogen-bond donors (Lipinski definition) is 0. The van der Waals surface area contributed by atoms with Crippen LogP contribution in [0.25, 0.3) is 0 Å². The van der Waals surface area contributed by atoms with E-state index in [1.54, 1.807) is 37.4 Å². The fraction of sp³-hybridized carbons (Fsp3) is 0.300. The molecule has 124 valence electrons. The summed E-state index contributed by atoms with van der Waals surface area (Å²) in [5.74, 6) is 1.53. The molecule has 1 heterocycles. The number of aryl methyl sites for hydroxylation is 1. The zero-order valence-electron chi connectivity index (χ0n) is 13.7. The zero-order chi connectivity index (χ0) is 16.9. The van der Waals surface area contributed by atoms with Crippen LogP contribution in [0.1, 0.15) is 45.5 Å². The Balaban J connectivity index is 1.61. The molecule has 0 aromatic heterocycles. The molecule has 0 bridgehead atoms. The summed E-state index contributed by atoms with van der Waals surface area (Å²) >= 11 is 0. The van der Waals surface area contributed by atoms with Crippen LogP contribution in [0.2, 0.25) is 0 Å². The summed E-state index contributed by atoms with van der Waals surface area (Å²) in [5, 5.41) is 0. The Morgan fingerprint density at radius 3 is 2.38 bits per heavy atom. The summed E-state index contributed by atoms with van der Waals surface area (Å²) in [6, 6.07) is 12.5. The molecule has 0 N–H and O–H groups in total. The fourth-order valence-electron chi connectivity index (χ4n) is 2.83. The SMILES string of the molecule is COc1ccc(C(=O)CCC(=O)c2ccc3c(c2)CCCO3)cc1. The zero-order valence-corrected chi connectivity index (χ0v) is 13.7. The van der Waals surface area contributed by atoms with Crippen LogP contribution in [-0.4, -0.2) is 25.3 Å². The molecular formula is C20H20O4. The Labute approximate surface area is 141 Å². The van der Waals surface area contributed by atoms with Gasteiger partial charge in [0.15, 0.2) is 11.6 Å². The topological polar surface area (TPSA) is 52.6 Å². The normalized spacial score (nSPS) is 12.9. The van der Waals surface area contributed by atoms with Crippen LogP contribution in [0.15, 0.2) is 42.5 Å². The van der Waals surface area contributed by atoms with Gasteiger partial charge in [-0.25, -0.2) is 0 Å². The van der Waals surface area contributed by atoms with E-state index in [4.69, 9.17) is 9.47 Å². The molecule has 0 fully saturated rings. The van der Waals surface area contributed by atoms with Gasteiger partial charge in [-0.1, -0.05) is 0 Å². The molecule has 0 aliphatic carbocycles. The van der Waals surface area contributed by atoms with Crippen molar-refractivity contribution >= 4 is 11.6 Å². The largest absolute Gasteiger partial charge is 0.497 e. The highest BCUT2D eigenvalue weighted by Gasteiger charge is 2.15. The molecule has 0 unspecified atom stereocenters. The number of hydrogen-bond acceptors (Lipinski definition) is 4. The predicted molar refractivity (Wildman–Crippen MR) is 91.1 cm³/mol. The van der Waals surface area contributed by atoms with Crippen LogP contribution in [0.4, 0.5) is 0 Å². The summed E-state index contributed by atoms with van der Waals surface area (Å²) < 4.78 is 10.6. The minimum atomic E-state index is -0.0349. The van der Waals surface area contributed by atoms with Gasteiger partial charge in [-0.05, 0) is 60.9 Å². The van der Waals surface area contributed by atoms with Crippen LogP contribution in [0.3, 0.4) is 0 Å². The molecule has 4 heteroatoms. The first-order valence-corrected chi connectivity index (χ1v) is 8.13. The minimum Gasteiger partial charge on any atom is -0.497 e. The van der Waals surface area contributed by atoms with E-state index in [9.17, 15) is 9.59 Å². The summed E-state index contributed by atoms with van der Waals surface area (Å²) in [7, 11) is 1.58. The molecular weight excluding hydrogens is 304 g/mol. The Morgan fingerprint density at radius 1 is 1.00 bits per heavy atom. The summed E-state index contributed by atoms with van der Waals surface area (Å²) in [5.41, 5.74) is 2.33. The van der Waals surface area contributed by atoms with Crippen LogP contribution in [0, 0.1) is 0 Å². The first kappa shape index (κ1) is 16.2. The van der Waals surface area contributed by atoms with Gasteiger partial charge in [0.25, 0.3) is 0 Å². The molecule has 0 amide bonds. The Kier molecular flexibility index (Phi) is 4.94. The van der Waals surface area contributed by atoms with Crippen molar-refractivity contribution in [2.24, 2.45) is 0 Å². The second kappa shape index (κ2) is 7.30. The molecule has 3 rings (SSSR count). The van der Waals surface area contributed by atoms with Crippen LogP contribution < -0.4 is 9.47 Å². The molecule has 0 saturated heterocycles. The average molecular weight is 324 g/mol. The van der Waals surface area contributed by atoms with Gasteiger partial charge in [-0.3, -0.25) is 9.59 Å². The first-order chi connectivity index (χ1) is 11.7. The van der Waals surface area contributed by atoms with Crippen LogP contribution in [0.5, 0.6) is 11.5 Å². The summed E-state index contributed by atoms with van der Waals surface area (Å²) in [4.78, 5) is 24.6. The van der Waals surface area contributed by atoms with E-state index >= 15 is 0 Å². The van der Waals surface area contributed by atoms with Crippen molar-refractivity contribution in [3.63, 3.8) is 0 Å². The van der Waals surface area contributed by atoms with Gasteiger partial charge in [0.2, 0.25) is 0 Å². The average Bonchev–Trinajstić information content (AvgIpc) is 2.65. The maximum absolute atomic E-state index is 12.4. The maximum atomic E-state index is 12.4. The number of Topliss-reactive ketones (excluding diaryl/α,β-unsaturated/α-hetero) is 2. The molecule has 1 aliphatic rings. The van der Waals surface area contributed by atoms with Gasteiger partial charge in [0.05, 0.1) is 13.7 Å². The lowest BCUT2D eigenvalue weighted by Gasteiger charge is -2.17. The highest BCUT2D eigenvalue weighted by Crippen LogP contribution is 2.26. The van der Waals surface area contributed by atoms with E-state index in [0.717, 1.165) is 30.8 Å². The molecule has 2 aromatic carbocycles. The lowest BCUT2D eigenvalue weighted by molar-refractivity contribution is 0.0917. The Hall–Kier alpha value is -2.62. The van der Waals surface area contributed by atoms with Gasteiger partial charge < -0.3 is 9.47 Å². The third kappa shape index (κ3) is 3.65. The van der Waals surface area contributed by atoms with Crippen molar-refractivity contribution in [1.29, 1.82) is 0 Å². The van der Waals surface area contributed by atoms with Gasteiger partial charge >= 0.3 is 0 Å². The minimum absolute atomic E-state index is 0.00904. The molecule has 0 spiro atoms.